The minimum Gasteiger partial charge on any atom is -0.394 e. The van der Waals surface area contributed by atoms with Gasteiger partial charge in [0.2, 0.25) is 0 Å². The molecule has 0 bridgehead atoms. The van der Waals surface area contributed by atoms with Gasteiger partial charge in [-0.15, -0.1) is 0 Å². The molecule has 1 saturated carbocycles. The fraction of sp³-hybridized carbons (Fsp3) is 1.00. The lowest BCUT2D eigenvalue weighted by atomic mass is 9.88. The van der Waals surface area contributed by atoms with Crippen LogP contribution in [0.25, 0.3) is 0 Å². The quantitative estimate of drug-likeness (QED) is 0.510. The summed E-state index contributed by atoms with van der Waals surface area (Å²) in [6.45, 7) is 6.14. The zero-order chi connectivity index (χ0) is 13.3. The summed E-state index contributed by atoms with van der Waals surface area (Å²) in [5.74, 6) is 0. The van der Waals surface area contributed by atoms with E-state index in [0.717, 1.165) is 19.6 Å². The Labute approximate surface area is 111 Å². The standard InChI is InChI=1S/C14H30N2O2/c1-2-16(9-11-18-12-10-17)14(13-15)7-5-3-4-6-8-14/h17H,2-13,15H2,1H3. The zero-order valence-corrected chi connectivity index (χ0v) is 11.9. The maximum absolute atomic E-state index is 8.71. The number of aliphatic hydroxyl groups excluding tert-OH is 1. The van der Waals surface area contributed by atoms with E-state index in [1.807, 2.05) is 0 Å². The molecule has 0 atom stereocenters. The third-order valence-corrected chi connectivity index (χ3v) is 4.21. The summed E-state index contributed by atoms with van der Waals surface area (Å²) < 4.78 is 5.39. The summed E-state index contributed by atoms with van der Waals surface area (Å²) in [4.78, 5) is 2.50. The molecule has 1 aliphatic carbocycles. The van der Waals surface area contributed by atoms with Crippen LogP contribution in [0, 0.1) is 0 Å². The van der Waals surface area contributed by atoms with Crippen LogP contribution in [0.15, 0.2) is 0 Å². The van der Waals surface area contributed by atoms with Crippen LogP contribution in [0.2, 0.25) is 0 Å². The number of aliphatic hydroxyl groups is 1. The van der Waals surface area contributed by atoms with Crippen LogP contribution < -0.4 is 5.73 Å². The Morgan fingerprint density at radius 1 is 1.17 bits per heavy atom. The molecule has 4 nitrogen and oxygen atoms in total. The highest BCUT2D eigenvalue weighted by molar-refractivity contribution is 4.92. The van der Waals surface area contributed by atoms with Gasteiger partial charge < -0.3 is 15.6 Å². The highest BCUT2D eigenvalue weighted by Gasteiger charge is 2.34. The summed E-state index contributed by atoms with van der Waals surface area (Å²) in [5, 5.41) is 8.71. The molecule has 0 amide bonds. The predicted molar refractivity (Wildman–Crippen MR) is 74.6 cm³/mol. The third kappa shape index (κ3) is 4.50. The molecular formula is C14H30N2O2. The number of hydrogen-bond acceptors (Lipinski definition) is 4. The molecule has 4 heteroatoms. The maximum atomic E-state index is 8.71. The van der Waals surface area contributed by atoms with Gasteiger partial charge in [0.15, 0.2) is 0 Å². The summed E-state index contributed by atoms with van der Waals surface area (Å²) in [5.41, 5.74) is 6.28. The molecule has 0 heterocycles. The zero-order valence-electron chi connectivity index (χ0n) is 11.9. The Morgan fingerprint density at radius 3 is 2.33 bits per heavy atom. The molecule has 0 saturated heterocycles. The second-order valence-corrected chi connectivity index (χ2v) is 5.26. The molecule has 0 radical (unpaired) electrons. The van der Waals surface area contributed by atoms with E-state index < -0.39 is 0 Å². The average Bonchev–Trinajstić information content (AvgIpc) is 2.65. The van der Waals surface area contributed by atoms with Crippen molar-refractivity contribution in [2.24, 2.45) is 5.73 Å². The lowest BCUT2D eigenvalue weighted by Crippen LogP contribution is -2.54. The average molecular weight is 258 g/mol. The molecule has 0 aliphatic heterocycles. The van der Waals surface area contributed by atoms with Crippen molar-refractivity contribution < 1.29 is 9.84 Å². The van der Waals surface area contributed by atoms with E-state index in [2.05, 4.69) is 11.8 Å². The Hall–Kier alpha value is -0.160. The van der Waals surface area contributed by atoms with Crippen LogP contribution in [0.3, 0.4) is 0 Å². The fourth-order valence-electron chi connectivity index (χ4n) is 3.11. The van der Waals surface area contributed by atoms with E-state index in [1.54, 1.807) is 0 Å². The normalized spacial score (nSPS) is 20.0. The van der Waals surface area contributed by atoms with Gasteiger partial charge in [0, 0.05) is 18.6 Å². The van der Waals surface area contributed by atoms with Crippen molar-refractivity contribution in [1.82, 2.24) is 4.90 Å². The van der Waals surface area contributed by atoms with Crippen molar-refractivity contribution in [3.05, 3.63) is 0 Å². The van der Waals surface area contributed by atoms with Crippen molar-refractivity contribution in [3.63, 3.8) is 0 Å². The van der Waals surface area contributed by atoms with E-state index in [4.69, 9.17) is 15.6 Å². The summed E-state index contributed by atoms with van der Waals surface area (Å²) in [7, 11) is 0. The van der Waals surface area contributed by atoms with Crippen LogP contribution in [0.5, 0.6) is 0 Å². The Bertz CT molecular complexity index is 204. The molecule has 0 aromatic rings. The number of ether oxygens (including phenoxy) is 1. The second-order valence-electron chi connectivity index (χ2n) is 5.26. The molecule has 3 N–H and O–H groups in total. The first kappa shape index (κ1) is 15.9. The van der Waals surface area contributed by atoms with Gasteiger partial charge in [-0.1, -0.05) is 32.6 Å². The molecule has 0 unspecified atom stereocenters. The van der Waals surface area contributed by atoms with Crippen molar-refractivity contribution in [2.75, 3.05) is 39.5 Å². The number of nitrogens with zero attached hydrogens (tertiary/aromatic N) is 1. The maximum Gasteiger partial charge on any atom is 0.0698 e. The van der Waals surface area contributed by atoms with Crippen LogP contribution in [-0.4, -0.2) is 55.0 Å². The van der Waals surface area contributed by atoms with Gasteiger partial charge in [0.05, 0.1) is 19.8 Å². The van der Waals surface area contributed by atoms with E-state index in [0.29, 0.717) is 13.2 Å². The first-order valence-corrected chi connectivity index (χ1v) is 7.43. The minimum absolute atomic E-state index is 0.105. The van der Waals surface area contributed by atoms with Gasteiger partial charge in [0.25, 0.3) is 0 Å². The van der Waals surface area contributed by atoms with Crippen molar-refractivity contribution >= 4 is 0 Å². The smallest absolute Gasteiger partial charge is 0.0698 e. The number of hydrogen-bond donors (Lipinski definition) is 2. The lowest BCUT2D eigenvalue weighted by molar-refractivity contribution is 0.0294. The van der Waals surface area contributed by atoms with Crippen LogP contribution in [0.1, 0.15) is 45.4 Å². The largest absolute Gasteiger partial charge is 0.394 e. The number of rotatable bonds is 8. The molecule has 0 aromatic heterocycles. The highest BCUT2D eigenvalue weighted by Crippen LogP contribution is 2.31. The van der Waals surface area contributed by atoms with Gasteiger partial charge >= 0.3 is 0 Å². The molecule has 0 aromatic carbocycles. The second kappa shape index (κ2) is 8.86. The first-order valence-electron chi connectivity index (χ1n) is 7.43. The monoisotopic (exact) mass is 258 g/mol. The van der Waals surface area contributed by atoms with Gasteiger partial charge in [-0.05, 0) is 19.4 Å². The van der Waals surface area contributed by atoms with Crippen molar-refractivity contribution in [2.45, 2.75) is 51.0 Å². The SMILES string of the molecule is CCN(CCOCCO)C1(CN)CCCCCC1. The van der Waals surface area contributed by atoms with Gasteiger partial charge in [0.1, 0.15) is 0 Å². The minimum atomic E-state index is 0.105. The Morgan fingerprint density at radius 2 is 1.83 bits per heavy atom. The van der Waals surface area contributed by atoms with E-state index in [9.17, 15) is 0 Å². The molecule has 1 fully saturated rings. The van der Waals surface area contributed by atoms with Gasteiger partial charge in [-0.2, -0.15) is 0 Å². The summed E-state index contributed by atoms with van der Waals surface area (Å²) >= 11 is 0. The fourth-order valence-corrected chi connectivity index (χ4v) is 3.11. The first-order chi connectivity index (χ1) is 8.79. The van der Waals surface area contributed by atoms with Gasteiger partial charge in [-0.25, -0.2) is 0 Å². The number of nitrogens with two attached hydrogens (primary N) is 1. The Balaban J connectivity index is 2.51. The summed E-state index contributed by atoms with van der Waals surface area (Å²) in [6.07, 6.45) is 7.73. The predicted octanol–water partition coefficient (Wildman–Crippen LogP) is 1.37. The van der Waals surface area contributed by atoms with Gasteiger partial charge in [-0.3, -0.25) is 4.90 Å². The molecule has 1 aliphatic rings. The molecule has 108 valence electrons. The van der Waals surface area contributed by atoms with E-state index in [-0.39, 0.29) is 12.1 Å². The van der Waals surface area contributed by atoms with Crippen LogP contribution >= 0.6 is 0 Å². The molecular weight excluding hydrogens is 228 g/mol. The van der Waals surface area contributed by atoms with Crippen LogP contribution in [0.4, 0.5) is 0 Å². The molecule has 1 rings (SSSR count). The van der Waals surface area contributed by atoms with Crippen LogP contribution in [-0.2, 0) is 4.74 Å². The molecule has 0 spiro atoms. The van der Waals surface area contributed by atoms with Crippen molar-refractivity contribution in [3.8, 4) is 0 Å². The van der Waals surface area contributed by atoms with Crippen molar-refractivity contribution in [1.29, 1.82) is 0 Å². The molecule has 18 heavy (non-hydrogen) atoms. The summed E-state index contributed by atoms with van der Waals surface area (Å²) in [6, 6.07) is 0. The van der Waals surface area contributed by atoms with E-state index >= 15 is 0 Å². The number of likely N-dealkylation sites (N-methyl/N-ethyl adjacent to an activating group) is 1. The lowest BCUT2D eigenvalue weighted by Gasteiger charge is -2.42. The Kier molecular flexibility index (Phi) is 7.82. The third-order valence-electron chi connectivity index (χ3n) is 4.21. The highest BCUT2D eigenvalue weighted by atomic mass is 16.5. The van der Waals surface area contributed by atoms with E-state index in [1.165, 1.54) is 38.5 Å². The topological polar surface area (TPSA) is 58.7 Å².